The van der Waals surface area contributed by atoms with Crippen molar-refractivity contribution < 1.29 is 4.74 Å². The van der Waals surface area contributed by atoms with Gasteiger partial charge < -0.3 is 10.1 Å². The van der Waals surface area contributed by atoms with Crippen molar-refractivity contribution in [3.8, 4) is 5.75 Å². The Morgan fingerprint density at radius 1 is 1.04 bits per heavy atom. The summed E-state index contributed by atoms with van der Waals surface area (Å²) in [5.41, 5.74) is 5.65. The molecular formula is C23H30N2O. The molecule has 2 aromatic carbocycles. The summed E-state index contributed by atoms with van der Waals surface area (Å²) in [4.78, 5) is 2.51. The molecule has 1 fully saturated rings. The van der Waals surface area contributed by atoms with Gasteiger partial charge in [-0.05, 0) is 73.0 Å². The summed E-state index contributed by atoms with van der Waals surface area (Å²) < 4.78 is 5.72. The fourth-order valence-corrected chi connectivity index (χ4v) is 4.40. The predicted octanol–water partition coefficient (Wildman–Crippen LogP) is 4.14. The zero-order valence-electron chi connectivity index (χ0n) is 15.8. The first kappa shape index (κ1) is 17.6. The van der Waals surface area contributed by atoms with E-state index in [1.165, 1.54) is 54.6 Å². The molecule has 2 aliphatic heterocycles. The van der Waals surface area contributed by atoms with E-state index >= 15 is 0 Å². The predicted molar refractivity (Wildman–Crippen MR) is 106 cm³/mol. The number of nitrogens with zero attached hydrogens (tertiary/aromatic N) is 1. The van der Waals surface area contributed by atoms with Crippen LogP contribution < -0.4 is 10.1 Å². The minimum atomic E-state index is 0.865. The highest BCUT2D eigenvalue weighted by atomic mass is 16.5. The average molecular weight is 351 g/mol. The highest BCUT2D eigenvalue weighted by molar-refractivity contribution is 5.38. The lowest BCUT2D eigenvalue weighted by Crippen LogP contribution is -2.27. The molecule has 26 heavy (non-hydrogen) atoms. The first-order chi connectivity index (χ1) is 12.8. The van der Waals surface area contributed by atoms with Crippen molar-refractivity contribution in [2.75, 3.05) is 20.2 Å². The zero-order valence-corrected chi connectivity index (χ0v) is 15.8. The molecule has 0 aliphatic carbocycles. The van der Waals surface area contributed by atoms with Crippen molar-refractivity contribution in [3.05, 3.63) is 64.7 Å². The second-order valence-electron chi connectivity index (χ2n) is 7.79. The fraction of sp³-hybridized carbons (Fsp3) is 0.478. The third-order valence-electron chi connectivity index (χ3n) is 5.94. The second-order valence-corrected chi connectivity index (χ2v) is 7.79. The minimum absolute atomic E-state index is 0.865. The molecule has 3 heteroatoms. The number of fused-ring (bicyclic) bond motifs is 1. The van der Waals surface area contributed by atoms with Crippen LogP contribution in [0.15, 0.2) is 42.5 Å². The molecule has 138 valence electrons. The molecule has 3 nitrogen and oxygen atoms in total. The highest BCUT2D eigenvalue weighted by Crippen LogP contribution is 2.28. The van der Waals surface area contributed by atoms with E-state index in [-0.39, 0.29) is 0 Å². The van der Waals surface area contributed by atoms with Gasteiger partial charge in [-0.15, -0.1) is 0 Å². The van der Waals surface area contributed by atoms with Gasteiger partial charge in [0.15, 0.2) is 0 Å². The Labute approximate surface area is 157 Å². The highest BCUT2D eigenvalue weighted by Gasteiger charge is 2.19. The average Bonchev–Trinajstić information content (AvgIpc) is 3.10. The zero-order chi connectivity index (χ0) is 17.8. The monoisotopic (exact) mass is 350 g/mol. The van der Waals surface area contributed by atoms with Gasteiger partial charge in [0, 0.05) is 19.6 Å². The van der Waals surface area contributed by atoms with Crippen molar-refractivity contribution in [2.24, 2.45) is 5.92 Å². The van der Waals surface area contributed by atoms with Crippen molar-refractivity contribution in [3.63, 3.8) is 0 Å². The summed E-state index contributed by atoms with van der Waals surface area (Å²) >= 11 is 0. The number of rotatable bonds is 6. The van der Waals surface area contributed by atoms with Gasteiger partial charge in [0.2, 0.25) is 0 Å². The van der Waals surface area contributed by atoms with E-state index in [1.807, 2.05) is 0 Å². The van der Waals surface area contributed by atoms with Crippen LogP contribution in [-0.4, -0.2) is 25.1 Å². The summed E-state index contributed by atoms with van der Waals surface area (Å²) in [7, 11) is 1.80. The Kier molecular flexibility index (Phi) is 5.57. The summed E-state index contributed by atoms with van der Waals surface area (Å²) in [5.74, 6) is 1.93. The Hall–Kier alpha value is -1.84. The van der Waals surface area contributed by atoms with E-state index < -0.39 is 0 Å². The van der Waals surface area contributed by atoms with E-state index in [1.54, 1.807) is 7.11 Å². The first-order valence-electron chi connectivity index (χ1n) is 9.97. The van der Waals surface area contributed by atoms with Gasteiger partial charge in [0.1, 0.15) is 5.75 Å². The standard InChI is InChI=1S/C23H30N2O/c1-26-23-14-19(15-25-16-21-4-2-3-5-22(21)17-25)7-9-20(23)8-6-18-10-12-24-13-11-18/h2-5,7,9,14,18,24H,6,8,10-13,15-17H2,1H3. The van der Waals surface area contributed by atoms with Crippen molar-refractivity contribution in [2.45, 2.75) is 45.3 Å². The van der Waals surface area contributed by atoms with Gasteiger partial charge in [-0.25, -0.2) is 0 Å². The maximum absolute atomic E-state index is 5.72. The number of aryl methyl sites for hydroxylation is 1. The number of piperidine rings is 1. The normalized spacial score (nSPS) is 18.0. The third-order valence-corrected chi connectivity index (χ3v) is 5.94. The fourth-order valence-electron chi connectivity index (χ4n) is 4.40. The van der Waals surface area contributed by atoms with Crippen molar-refractivity contribution in [1.29, 1.82) is 0 Å². The van der Waals surface area contributed by atoms with Gasteiger partial charge in [-0.3, -0.25) is 4.90 Å². The Bertz CT molecular complexity index is 712. The van der Waals surface area contributed by atoms with Crippen LogP contribution in [0.1, 0.15) is 41.5 Å². The van der Waals surface area contributed by atoms with Gasteiger partial charge in [0.05, 0.1) is 7.11 Å². The summed E-state index contributed by atoms with van der Waals surface area (Å²) in [5, 5.41) is 3.45. The van der Waals surface area contributed by atoms with Crippen LogP contribution in [0.25, 0.3) is 0 Å². The lowest BCUT2D eigenvalue weighted by atomic mass is 9.91. The molecule has 2 aliphatic rings. The maximum Gasteiger partial charge on any atom is 0.122 e. The number of hydrogen-bond donors (Lipinski definition) is 1. The van der Waals surface area contributed by atoms with Gasteiger partial charge in [-0.1, -0.05) is 36.4 Å². The van der Waals surface area contributed by atoms with Crippen LogP contribution in [0.2, 0.25) is 0 Å². The molecule has 0 bridgehead atoms. The van der Waals surface area contributed by atoms with E-state index in [4.69, 9.17) is 4.74 Å². The Morgan fingerprint density at radius 2 is 1.77 bits per heavy atom. The van der Waals surface area contributed by atoms with Crippen molar-refractivity contribution in [1.82, 2.24) is 10.2 Å². The molecule has 1 N–H and O–H groups in total. The van der Waals surface area contributed by atoms with Gasteiger partial charge in [0.25, 0.3) is 0 Å². The quantitative estimate of drug-likeness (QED) is 0.847. The topological polar surface area (TPSA) is 24.5 Å². The van der Waals surface area contributed by atoms with Crippen LogP contribution in [-0.2, 0) is 26.1 Å². The largest absolute Gasteiger partial charge is 0.496 e. The molecule has 2 heterocycles. The molecular weight excluding hydrogens is 320 g/mol. The van der Waals surface area contributed by atoms with Gasteiger partial charge >= 0.3 is 0 Å². The molecule has 0 spiro atoms. The number of benzene rings is 2. The molecule has 0 radical (unpaired) electrons. The molecule has 0 atom stereocenters. The third kappa shape index (κ3) is 4.11. The summed E-state index contributed by atoms with van der Waals surface area (Å²) in [6, 6.07) is 15.6. The summed E-state index contributed by atoms with van der Waals surface area (Å²) in [6.45, 7) is 5.45. The van der Waals surface area contributed by atoms with Crippen LogP contribution in [0.4, 0.5) is 0 Å². The van der Waals surface area contributed by atoms with Crippen LogP contribution in [0, 0.1) is 5.92 Å². The minimum Gasteiger partial charge on any atom is -0.496 e. The first-order valence-corrected chi connectivity index (χ1v) is 9.97. The van der Waals surface area contributed by atoms with E-state index in [2.05, 4.69) is 52.7 Å². The molecule has 4 rings (SSSR count). The Morgan fingerprint density at radius 3 is 2.46 bits per heavy atom. The van der Waals surface area contributed by atoms with Crippen LogP contribution in [0.5, 0.6) is 5.75 Å². The van der Waals surface area contributed by atoms with Crippen molar-refractivity contribution >= 4 is 0 Å². The number of ether oxygens (including phenoxy) is 1. The molecule has 0 unspecified atom stereocenters. The number of nitrogens with one attached hydrogen (secondary N) is 1. The van der Waals surface area contributed by atoms with Crippen LogP contribution in [0.3, 0.4) is 0 Å². The SMILES string of the molecule is COc1cc(CN2Cc3ccccc3C2)ccc1CCC1CCNCC1. The molecule has 0 amide bonds. The molecule has 0 aromatic heterocycles. The van der Waals surface area contributed by atoms with E-state index in [9.17, 15) is 0 Å². The van der Waals surface area contributed by atoms with Crippen LogP contribution >= 0.6 is 0 Å². The second kappa shape index (κ2) is 8.24. The van der Waals surface area contributed by atoms with E-state index in [0.717, 1.165) is 37.7 Å². The van der Waals surface area contributed by atoms with E-state index in [0.29, 0.717) is 0 Å². The number of methoxy groups -OCH3 is 1. The molecule has 1 saturated heterocycles. The molecule has 0 saturated carbocycles. The summed E-state index contributed by atoms with van der Waals surface area (Å²) in [6.07, 6.45) is 5.04. The lowest BCUT2D eigenvalue weighted by molar-refractivity contribution is 0.275. The number of hydrogen-bond acceptors (Lipinski definition) is 3. The smallest absolute Gasteiger partial charge is 0.122 e. The molecule has 2 aromatic rings. The maximum atomic E-state index is 5.72. The lowest BCUT2D eigenvalue weighted by Gasteiger charge is -2.23. The van der Waals surface area contributed by atoms with Gasteiger partial charge in [-0.2, -0.15) is 0 Å². The Balaban J connectivity index is 1.37.